The highest BCUT2D eigenvalue weighted by atomic mass is 19.1. The standard InChI is InChI=1S/C26H20FN5O/c27-22-11-7-20(8-12-22)24-25(31(18-28-24)17-19-5-2-1-3-6-19)30-26(33)21-9-13-23(14-10-21)32-16-4-15-29-32/h1-16,18H,17H2,(H,30,33). The van der Waals surface area contributed by atoms with Crippen molar-refractivity contribution >= 4 is 11.7 Å². The van der Waals surface area contributed by atoms with Crippen molar-refractivity contribution in [2.45, 2.75) is 6.54 Å². The SMILES string of the molecule is O=C(Nc1c(-c2ccc(F)cc2)ncn1Cc1ccccc1)c1ccc(-n2cccn2)cc1. The number of carbonyl (C=O) groups excluding carboxylic acids is 1. The van der Waals surface area contributed by atoms with Crippen LogP contribution in [0.1, 0.15) is 15.9 Å². The fourth-order valence-corrected chi connectivity index (χ4v) is 3.60. The third-order valence-corrected chi connectivity index (χ3v) is 5.28. The Kier molecular flexibility index (Phi) is 5.51. The summed E-state index contributed by atoms with van der Waals surface area (Å²) in [6.45, 7) is 0.531. The van der Waals surface area contributed by atoms with E-state index in [9.17, 15) is 9.18 Å². The molecule has 162 valence electrons. The maximum Gasteiger partial charge on any atom is 0.256 e. The second kappa shape index (κ2) is 8.92. The Bertz CT molecular complexity index is 1360. The summed E-state index contributed by atoms with van der Waals surface area (Å²) in [6.07, 6.45) is 5.22. The molecule has 1 amide bonds. The van der Waals surface area contributed by atoms with Crippen molar-refractivity contribution in [1.29, 1.82) is 0 Å². The summed E-state index contributed by atoms with van der Waals surface area (Å²) >= 11 is 0. The molecule has 0 aliphatic heterocycles. The van der Waals surface area contributed by atoms with Crippen molar-refractivity contribution in [2.24, 2.45) is 0 Å². The van der Waals surface area contributed by atoms with Gasteiger partial charge in [-0.3, -0.25) is 4.79 Å². The van der Waals surface area contributed by atoms with Crippen molar-refractivity contribution in [1.82, 2.24) is 19.3 Å². The van der Waals surface area contributed by atoms with Gasteiger partial charge in [-0.2, -0.15) is 5.10 Å². The summed E-state index contributed by atoms with van der Waals surface area (Å²) < 4.78 is 17.1. The number of nitrogens with one attached hydrogen (secondary N) is 1. The van der Waals surface area contributed by atoms with Gasteiger partial charge < -0.3 is 9.88 Å². The van der Waals surface area contributed by atoms with Crippen LogP contribution in [-0.2, 0) is 6.54 Å². The van der Waals surface area contributed by atoms with Crippen LogP contribution in [-0.4, -0.2) is 25.2 Å². The molecule has 0 radical (unpaired) electrons. The summed E-state index contributed by atoms with van der Waals surface area (Å²) in [5.74, 6) is -0.0443. The lowest BCUT2D eigenvalue weighted by Crippen LogP contribution is -2.16. The van der Waals surface area contributed by atoms with E-state index in [-0.39, 0.29) is 11.7 Å². The van der Waals surface area contributed by atoms with Crippen LogP contribution in [0.25, 0.3) is 16.9 Å². The molecule has 1 N–H and O–H groups in total. The molecule has 0 atom stereocenters. The zero-order chi connectivity index (χ0) is 22.6. The monoisotopic (exact) mass is 437 g/mol. The summed E-state index contributed by atoms with van der Waals surface area (Å²) in [4.78, 5) is 17.6. The van der Waals surface area contributed by atoms with Crippen LogP contribution < -0.4 is 5.32 Å². The Morgan fingerprint density at radius 2 is 1.67 bits per heavy atom. The zero-order valence-electron chi connectivity index (χ0n) is 17.6. The van der Waals surface area contributed by atoms with Gasteiger partial charge in [-0.15, -0.1) is 0 Å². The van der Waals surface area contributed by atoms with Gasteiger partial charge in [0.15, 0.2) is 0 Å². The first-order valence-corrected chi connectivity index (χ1v) is 10.4. The lowest BCUT2D eigenvalue weighted by molar-refractivity contribution is 0.102. The Balaban J connectivity index is 1.46. The number of halogens is 1. The Morgan fingerprint density at radius 3 is 2.36 bits per heavy atom. The maximum absolute atomic E-state index is 13.5. The molecule has 0 saturated carbocycles. The van der Waals surface area contributed by atoms with Crippen molar-refractivity contribution in [2.75, 3.05) is 5.32 Å². The highest BCUT2D eigenvalue weighted by Crippen LogP contribution is 2.28. The van der Waals surface area contributed by atoms with Crippen LogP contribution in [0, 0.1) is 5.82 Å². The maximum atomic E-state index is 13.5. The average Bonchev–Trinajstić information content (AvgIpc) is 3.52. The van der Waals surface area contributed by atoms with Crippen molar-refractivity contribution in [3.05, 3.63) is 121 Å². The van der Waals surface area contributed by atoms with E-state index in [1.54, 1.807) is 41.5 Å². The molecule has 0 aliphatic carbocycles. The number of rotatable bonds is 6. The van der Waals surface area contributed by atoms with Crippen LogP contribution in [0.5, 0.6) is 0 Å². The first kappa shape index (κ1) is 20.4. The first-order valence-electron chi connectivity index (χ1n) is 10.4. The Labute approximate surface area is 190 Å². The average molecular weight is 437 g/mol. The number of imidazole rings is 1. The van der Waals surface area contributed by atoms with Gasteiger partial charge in [0.1, 0.15) is 17.3 Å². The molecule has 33 heavy (non-hydrogen) atoms. The van der Waals surface area contributed by atoms with Crippen LogP contribution in [0.2, 0.25) is 0 Å². The number of benzene rings is 3. The molecule has 5 aromatic rings. The lowest BCUT2D eigenvalue weighted by atomic mass is 10.1. The minimum absolute atomic E-state index is 0.264. The molecule has 0 bridgehead atoms. The van der Waals surface area contributed by atoms with Crippen LogP contribution >= 0.6 is 0 Å². The summed E-state index contributed by atoms with van der Waals surface area (Å²) in [7, 11) is 0. The van der Waals surface area contributed by atoms with Crippen LogP contribution in [0.15, 0.2) is 104 Å². The Hall–Kier alpha value is -4.52. The molecule has 3 aromatic carbocycles. The molecule has 0 spiro atoms. The first-order chi connectivity index (χ1) is 16.2. The van der Waals surface area contributed by atoms with E-state index in [0.29, 0.717) is 29.2 Å². The number of carbonyl (C=O) groups is 1. The largest absolute Gasteiger partial charge is 0.312 e. The third kappa shape index (κ3) is 4.43. The quantitative estimate of drug-likeness (QED) is 0.398. The molecule has 6 nitrogen and oxygen atoms in total. The van der Waals surface area contributed by atoms with Gasteiger partial charge >= 0.3 is 0 Å². The molecular weight excluding hydrogens is 417 g/mol. The molecule has 0 aliphatic rings. The van der Waals surface area contributed by atoms with Crippen molar-refractivity contribution in [3.63, 3.8) is 0 Å². The van der Waals surface area contributed by atoms with Gasteiger partial charge in [-0.25, -0.2) is 14.1 Å². The Morgan fingerprint density at radius 1 is 0.909 bits per heavy atom. The summed E-state index contributed by atoms with van der Waals surface area (Å²) in [5, 5.41) is 7.21. The molecule has 2 aromatic heterocycles. The topological polar surface area (TPSA) is 64.7 Å². The van der Waals surface area contributed by atoms with Gasteiger partial charge in [-0.05, 0) is 60.2 Å². The third-order valence-electron chi connectivity index (χ3n) is 5.28. The van der Waals surface area contributed by atoms with E-state index in [0.717, 1.165) is 11.3 Å². The lowest BCUT2D eigenvalue weighted by Gasteiger charge is -2.12. The van der Waals surface area contributed by atoms with Gasteiger partial charge in [-0.1, -0.05) is 30.3 Å². The number of hydrogen-bond donors (Lipinski definition) is 1. The minimum Gasteiger partial charge on any atom is -0.312 e. The number of anilines is 1. The molecule has 0 fully saturated rings. The predicted molar refractivity (Wildman–Crippen MR) is 125 cm³/mol. The number of nitrogens with zero attached hydrogens (tertiary/aromatic N) is 4. The van der Waals surface area contributed by atoms with Gasteiger partial charge in [0.05, 0.1) is 18.6 Å². The van der Waals surface area contributed by atoms with Gasteiger partial charge in [0.2, 0.25) is 0 Å². The van der Waals surface area contributed by atoms with E-state index in [1.165, 1.54) is 12.1 Å². The fraction of sp³-hybridized carbons (Fsp3) is 0.0385. The summed E-state index contributed by atoms with van der Waals surface area (Å²) in [6, 6.07) is 25.0. The fourth-order valence-electron chi connectivity index (χ4n) is 3.60. The number of hydrogen-bond acceptors (Lipinski definition) is 3. The second-order valence-electron chi connectivity index (χ2n) is 7.51. The van der Waals surface area contributed by atoms with Crippen LogP contribution in [0.3, 0.4) is 0 Å². The normalized spacial score (nSPS) is 10.8. The van der Waals surface area contributed by atoms with E-state index < -0.39 is 0 Å². The zero-order valence-corrected chi connectivity index (χ0v) is 17.6. The van der Waals surface area contributed by atoms with E-state index in [2.05, 4.69) is 15.4 Å². The summed E-state index contributed by atoms with van der Waals surface area (Å²) in [5.41, 5.74) is 3.72. The number of amides is 1. The molecule has 0 unspecified atom stereocenters. The molecule has 7 heteroatoms. The second-order valence-corrected chi connectivity index (χ2v) is 7.51. The van der Waals surface area contributed by atoms with Crippen molar-refractivity contribution < 1.29 is 9.18 Å². The van der Waals surface area contributed by atoms with Crippen molar-refractivity contribution in [3.8, 4) is 16.9 Å². The highest BCUT2D eigenvalue weighted by Gasteiger charge is 2.17. The minimum atomic E-state index is -0.328. The molecule has 5 rings (SSSR count). The molecule has 2 heterocycles. The van der Waals surface area contributed by atoms with Gasteiger partial charge in [0.25, 0.3) is 5.91 Å². The highest BCUT2D eigenvalue weighted by molar-refractivity contribution is 6.05. The van der Waals surface area contributed by atoms with E-state index in [4.69, 9.17) is 0 Å². The van der Waals surface area contributed by atoms with Crippen LogP contribution in [0.4, 0.5) is 10.2 Å². The molecule has 0 saturated heterocycles. The van der Waals surface area contributed by atoms with Gasteiger partial charge in [0, 0.05) is 23.5 Å². The van der Waals surface area contributed by atoms with E-state index in [1.807, 2.05) is 59.3 Å². The number of aromatic nitrogens is 4. The van der Waals surface area contributed by atoms with E-state index >= 15 is 0 Å². The molecular formula is C26H20FN5O. The smallest absolute Gasteiger partial charge is 0.256 e. The predicted octanol–water partition coefficient (Wildman–Crippen LogP) is 5.18.